The Labute approximate surface area is 236 Å². The fourth-order valence-corrected chi connectivity index (χ4v) is 6.37. The van der Waals surface area contributed by atoms with Crippen molar-refractivity contribution in [3.05, 3.63) is 30.4 Å². The third-order valence-electron chi connectivity index (χ3n) is 6.67. The van der Waals surface area contributed by atoms with Crippen LogP contribution in [0.15, 0.2) is 18.7 Å². The molecule has 17 heteroatoms. The van der Waals surface area contributed by atoms with Crippen LogP contribution in [-0.2, 0) is 19.5 Å². The van der Waals surface area contributed by atoms with Gasteiger partial charge in [0.25, 0.3) is 0 Å². The van der Waals surface area contributed by atoms with Crippen molar-refractivity contribution in [1.29, 1.82) is 0 Å². The third kappa shape index (κ3) is 6.15. The van der Waals surface area contributed by atoms with E-state index >= 15 is 0 Å². The first-order valence-corrected chi connectivity index (χ1v) is 14.6. The van der Waals surface area contributed by atoms with Crippen molar-refractivity contribution >= 4 is 21.9 Å². The minimum Gasteiger partial charge on any atom is -0.479 e. The van der Waals surface area contributed by atoms with Crippen LogP contribution in [0.5, 0.6) is 11.8 Å². The van der Waals surface area contributed by atoms with Gasteiger partial charge in [-0.15, -0.1) is 10.2 Å². The zero-order valence-electron chi connectivity index (χ0n) is 23.1. The molecule has 0 amide bonds. The van der Waals surface area contributed by atoms with Crippen LogP contribution < -0.4 is 19.1 Å². The fourth-order valence-electron chi connectivity index (χ4n) is 4.97. The fraction of sp³-hybridized carbons (Fsp3) is 0.583. The Bertz CT molecular complexity index is 1430. The normalized spacial score (nSPS) is 21.3. The highest BCUT2D eigenvalue weighted by Gasteiger charge is 2.39. The molecular formula is C24H32FN9O6S. The van der Waals surface area contributed by atoms with E-state index in [2.05, 4.69) is 34.9 Å². The Morgan fingerprint density at radius 1 is 1.07 bits per heavy atom. The van der Waals surface area contributed by atoms with Crippen LogP contribution in [0.25, 0.3) is 5.69 Å². The van der Waals surface area contributed by atoms with E-state index in [1.165, 1.54) is 25.1 Å². The van der Waals surface area contributed by atoms with Gasteiger partial charge in [0, 0.05) is 19.7 Å². The van der Waals surface area contributed by atoms with Crippen molar-refractivity contribution in [2.45, 2.75) is 56.7 Å². The largest absolute Gasteiger partial charge is 0.479 e. The van der Waals surface area contributed by atoms with Gasteiger partial charge in [0.1, 0.15) is 17.7 Å². The number of methoxy groups -OCH3 is 2. The lowest BCUT2D eigenvalue weighted by molar-refractivity contribution is 0.00147. The van der Waals surface area contributed by atoms with Crippen molar-refractivity contribution < 1.29 is 31.8 Å². The van der Waals surface area contributed by atoms with Gasteiger partial charge in [-0.25, -0.2) is 22.8 Å². The molecule has 3 aromatic heterocycles. The van der Waals surface area contributed by atoms with Crippen molar-refractivity contribution in [2.75, 3.05) is 43.5 Å². The minimum absolute atomic E-state index is 0.0345. The Hall–Kier alpha value is -3.70. The van der Waals surface area contributed by atoms with E-state index < -0.39 is 33.3 Å². The molecular weight excluding hydrogens is 561 g/mol. The summed E-state index contributed by atoms with van der Waals surface area (Å²) in [4.78, 5) is 18.1. The molecule has 0 aliphatic carbocycles. The van der Waals surface area contributed by atoms with E-state index in [-0.39, 0.29) is 48.4 Å². The van der Waals surface area contributed by atoms with Crippen molar-refractivity contribution in [3.8, 4) is 17.4 Å². The van der Waals surface area contributed by atoms with Gasteiger partial charge in [-0.3, -0.25) is 9.29 Å². The molecule has 222 valence electrons. The number of piperidine rings is 1. The number of anilines is 2. The van der Waals surface area contributed by atoms with E-state index in [1.807, 2.05) is 13.8 Å². The topological polar surface area (TPSA) is 169 Å². The number of ether oxygens (including phenoxy) is 4. The summed E-state index contributed by atoms with van der Waals surface area (Å²) in [5.74, 6) is 0.0844. The lowest BCUT2D eigenvalue weighted by atomic mass is 10.1. The van der Waals surface area contributed by atoms with Gasteiger partial charge in [0.15, 0.2) is 17.3 Å². The van der Waals surface area contributed by atoms with Gasteiger partial charge in [-0.05, 0) is 33.1 Å². The molecule has 2 saturated heterocycles. The predicted molar refractivity (Wildman–Crippen MR) is 143 cm³/mol. The molecule has 15 nitrogen and oxygen atoms in total. The second-order valence-electron chi connectivity index (χ2n) is 9.88. The average Bonchev–Trinajstić information content (AvgIpc) is 3.62. The number of aromatic nitrogens is 7. The monoisotopic (exact) mass is 593 g/mol. The molecule has 2 aliphatic rings. The second-order valence-corrected chi connectivity index (χ2v) is 11.8. The zero-order chi connectivity index (χ0) is 29.1. The highest BCUT2D eigenvalue weighted by Crippen LogP contribution is 2.37. The molecule has 41 heavy (non-hydrogen) atoms. The molecule has 0 radical (unpaired) electrons. The van der Waals surface area contributed by atoms with E-state index in [0.717, 1.165) is 18.8 Å². The summed E-state index contributed by atoms with van der Waals surface area (Å²) in [5.41, 5.74) is 0.219. The molecule has 0 spiro atoms. The standard InChI is InChI=1S/C24H32FN9O6S/c1-14(2)40-16-8-17(12-33(11-16)23-26-9-15(25)10-27-23)41(35,36)32-24-31-30-20(18-6-5-7-39-18)34(24)19-21(37-3)28-13-29-22(19)38-4/h9-10,13-14,16-18H,5-8,11-12H2,1-4H3,(H,31,32)/t16-,17+,18-/m0/s1. The quantitative estimate of drug-likeness (QED) is 0.361. The summed E-state index contributed by atoms with van der Waals surface area (Å²) < 4.78 is 68.2. The Morgan fingerprint density at radius 3 is 2.39 bits per heavy atom. The smallest absolute Gasteiger partial charge is 0.245 e. The number of nitrogens with zero attached hydrogens (tertiary/aromatic N) is 8. The number of rotatable bonds is 10. The summed E-state index contributed by atoms with van der Waals surface area (Å²) >= 11 is 0. The van der Waals surface area contributed by atoms with Gasteiger partial charge in [-0.1, -0.05) is 0 Å². The summed E-state index contributed by atoms with van der Waals surface area (Å²) in [5, 5.41) is 7.50. The van der Waals surface area contributed by atoms with Gasteiger partial charge in [-0.2, -0.15) is 9.97 Å². The number of hydrogen-bond acceptors (Lipinski definition) is 13. The summed E-state index contributed by atoms with van der Waals surface area (Å²) in [6, 6.07) is 0. The van der Waals surface area contributed by atoms with Crippen LogP contribution in [0.4, 0.5) is 16.3 Å². The molecule has 5 heterocycles. The minimum atomic E-state index is -4.12. The molecule has 0 aromatic carbocycles. The highest BCUT2D eigenvalue weighted by atomic mass is 32.2. The van der Waals surface area contributed by atoms with Gasteiger partial charge < -0.3 is 23.8 Å². The molecule has 2 fully saturated rings. The zero-order valence-corrected chi connectivity index (χ0v) is 23.9. The summed E-state index contributed by atoms with van der Waals surface area (Å²) in [7, 11) is -1.27. The van der Waals surface area contributed by atoms with E-state index in [1.54, 1.807) is 4.90 Å². The first kappa shape index (κ1) is 28.8. The van der Waals surface area contributed by atoms with Gasteiger partial charge in [0.05, 0.1) is 38.8 Å². The first-order valence-electron chi connectivity index (χ1n) is 13.1. The van der Waals surface area contributed by atoms with Crippen LogP contribution in [0.2, 0.25) is 0 Å². The van der Waals surface area contributed by atoms with Crippen LogP contribution in [0.3, 0.4) is 0 Å². The molecule has 3 atom stereocenters. The number of sulfonamides is 1. The number of hydrogen-bond donors (Lipinski definition) is 1. The SMILES string of the molecule is COc1ncnc(OC)c1-n1c(NS(=O)(=O)[C@@H]2C[C@H](OC(C)C)CN(c3ncc(F)cn3)C2)nnc1[C@@H]1CCCO1. The van der Waals surface area contributed by atoms with Crippen LogP contribution >= 0.6 is 0 Å². The molecule has 0 unspecified atom stereocenters. The molecule has 0 saturated carbocycles. The Kier molecular flexibility index (Phi) is 8.46. The first-order chi connectivity index (χ1) is 19.7. The molecule has 5 rings (SSSR count). The average molecular weight is 594 g/mol. The Balaban J connectivity index is 1.52. The van der Waals surface area contributed by atoms with E-state index in [4.69, 9.17) is 18.9 Å². The maximum absolute atomic E-state index is 13.9. The van der Waals surface area contributed by atoms with Crippen LogP contribution in [0.1, 0.15) is 45.0 Å². The van der Waals surface area contributed by atoms with Crippen molar-refractivity contribution in [1.82, 2.24) is 34.7 Å². The molecule has 0 bridgehead atoms. The van der Waals surface area contributed by atoms with Crippen molar-refractivity contribution in [3.63, 3.8) is 0 Å². The third-order valence-corrected chi connectivity index (χ3v) is 8.36. The second kappa shape index (κ2) is 12.0. The summed E-state index contributed by atoms with van der Waals surface area (Å²) in [6.07, 6.45) is 3.94. The summed E-state index contributed by atoms with van der Waals surface area (Å²) in [6.45, 7) is 4.64. The van der Waals surface area contributed by atoms with Gasteiger partial charge >= 0.3 is 0 Å². The maximum atomic E-state index is 13.9. The van der Waals surface area contributed by atoms with Crippen LogP contribution in [-0.4, -0.2) is 94.5 Å². The lowest BCUT2D eigenvalue weighted by Gasteiger charge is -2.37. The lowest BCUT2D eigenvalue weighted by Crippen LogP contribution is -2.51. The molecule has 1 N–H and O–H groups in total. The number of halogens is 1. The molecule has 2 aliphatic heterocycles. The predicted octanol–water partition coefficient (Wildman–Crippen LogP) is 1.67. The maximum Gasteiger partial charge on any atom is 0.245 e. The van der Waals surface area contributed by atoms with E-state index in [9.17, 15) is 12.8 Å². The van der Waals surface area contributed by atoms with Crippen molar-refractivity contribution in [2.24, 2.45) is 0 Å². The Morgan fingerprint density at radius 2 is 1.78 bits per heavy atom. The van der Waals surface area contributed by atoms with Gasteiger partial charge in [0.2, 0.25) is 33.7 Å². The van der Waals surface area contributed by atoms with Crippen LogP contribution in [0, 0.1) is 5.82 Å². The molecule has 3 aromatic rings. The highest BCUT2D eigenvalue weighted by molar-refractivity contribution is 7.93. The van der Waals surface area contributed by atoms with E-state index in [0.29, 0.717) is 25.4 Å². The number of nitrogens with one attached hydrogen (secondary N) is 1.